The average Bonchev–Trinajstić information content (AvgIpc) is 2.62. The Labute approximate surface area is 152 Å². The molecular formula is C20H22ClFN2O. The number of piperidine rings is 1. The van der Waals surface area contributed by atoms with Gasteiger partial charge in [0.25, 0.3) is 5.91 Å². The molecule has 3 rings (SSSR count). The molecule has 0 bridgehead atoms. The van der Waals surface area contributed by atoms with E-state index in [9.17, 15) is 9.18 Å². The molecule has 1 aliphatic heterocycles. The van der Waals surface area contributed by atoms with Gasteiger partial charge in [-0.25, -0.2) is 4.39 Å². The van der Waals surface area contributed by atoms with E-state index < -0.39 is 11.7 Å². The average molecular weight is 361 g/mol. The molecule has 5 heteroatoms. The van der Waals surface area contributed by atoms with Crippen LogP contribution in [0.15, 0.2) is 42.5 Å². The largest absolute Gasteiger partial charge is 0.372 e. The van der Waals surface area contributed by atoms with Crippen LogP contribution in [-0.4, -0.2) is 19.0 Å². The van der Waals surface area contributed by atoms with Gasteiger partial charge in [-0.2, -0.15) is 0 Å². The summed E-state index contributed by atoms with van der Waals surface area (Å²) >= 11 is 5.73. The van der Waals surface area contributed by atoms with Crippen LogP contribution in [0.2, 0.25) is 5.02 Å². The maximum Gasteiger partial charge on any atom is 0.254 e. The quantitative estimate of drug-likeness (QED) is 0.835. The lowest BCUT2D eigenvalue weighted by Crippen LogP contribution is -2.29. The number of anilines is 1. The molecule has 0 radical (unpaired) electrons. The van der Waals surface area contributed by atoms with Crippen molar-refractivity contribution in [2.24, 2.45) is 0 Å². The lowest BCUT2D eigenvalue weighted by Gasteiger charge is -2.29. The summed E-state index contributed by atoms with van der Waals surface area (Å²) in [6, 6.07) is 12.1. The fourth-order valence-corrected chi connectivity index (χ4v) is 3.32. The molecule has 2 aromatic rings. The monoisotopic (exact) mass is 360 g/mol. The Bertz CT molecular complexity index is 742. The summed E-state index contributed by atoms with van der Waals surface area (Å²) in [4.78, 5) is 14.7. The van der Waals surface area contributed by atoms with E-state index in [0.717, 1.165) is 24.7 Å². The molecule has 0 spiro atoms. The molecule has 1 saturated heterocycles. The van der Waals surface area contributed by atoms with Crippen LogP contribution in [0.4, 0.5) is 10.1 Å². The first-order valence-corrected chi connectivity index (χ1v) is 9.03. The number of halogens is 2. The third-order valence-electron chi connectivity index (χ3n) is 4.64. The van der Waals surface area contributed by atoms with E-state index >= 15 is 0 Å². The molecule has 25 heavy (non-hydrogen) atoms. The summed E-state index contributed by atoms with van der Waals surface area (Å²) in [5, 5.41) is 3.11. The van der Waals surface area contributed by atoms with Crippen LogP contribution in [0, 0.1) is 5.82 Å². The number of nitrogens with one attached hydrogen (secondary N) is 1. The number of nitrogens with zero attached hydrogens (tertiary/aromatic N) is 1. The van der Waals surface area contributed by atoms with Gasteiger partial charge >= 0.3 is 0 Å². The van der Waals surface area contributed by atoms with E-state index in [1.54, 1.807) is 0 Å². The smallest absolute Gasteiger partial charge is 0.254 e. The first kappa shape index (κ1) is 17.7. The molecule has 0 aliphatic carbocycles. The van der Waals surface area contributed by atoms with Gasteiger partial charge in [-0.1, -0.05) is 23.7 Å². The number of hydrogen-bond acceptors (Lipinski definition) is 2. The Hall–Kier alpha value is -2.07. The number of rotatable bonds is 4. The van der Waals surface area contributed by atoms with Gasteiger partial charge in [0.2, 0.25) is 0 Å². The summed E-state index contributed by atoms with van der Waals surface area (Å²) in [6.45, 7) is 4.09. The van der Waals surface area contributed by atoms with Crippen molar-refractivity contribution >= 4 is 23.2 Å². The van der Waals surface area contributed by atoms with Crippen LogP contribution in [0.5, 0.6) is 0 Å². The Morgan fingerprint density at radius 1 is 1.12 bits per heavy atom. The van der Waals surface area contributed by atoms with E-state index in [1.165, 1.54) is 37.1 Å². The molecule has 1 N–H and O–H groups in total. The van der Waals surface area contributed by atoms with Crippen molar-refractivity contribution < 1.29 is 9.18 Å². The lowest BCUT2D eigenvalue weighted by atomic mass is 10.1. The van der Waals surface area contributed by atoms with E-state index in [4.69, 9.17) is 11.6 Å². The minimum atomic E-state index is -0.613. The van der Waals surface area contributed by atoms with Crippen LogP contribution in [0.3, 0.4) is 0 Å². The van der Waals surface area contributed by atoms with Gasteiger partial charge in [0.1, 0.15) is 5.82 Å². The lowest BCUT2D eigenvalue weighted by molar-refractivity contribution is 0.0936. The first-order valence-electron chi connectivity index (χ1n) is 8.65. The number of carbonyl (C=O) groups excluding carboxylic acids is 1. The van der Waals surface area contributed by atoms with Gasteiger partial charge in [0.05, 0.1) is 11.6 Å². The molecular weight excluding hydrogens is 339 g/mol. The van der Waals surface area contributed by atoms with Crippen LogP contribution in [0.25, 0.3) is 0 Å². The number of carbonyl (C=O) groups is 1. The van der Waals surface area contributed by atoms with Gasteiger partial charge < -0.3 is 10.2 Å². The van der Waals surface area contributed by atoms with E-state index in [2.05, 4.69) is 22.3 Å². The molecule has 2 aromatic carbocycles. The minimum absolute atomic E-state index is 0.00110. The third kappa shape index (κ3) is 4.31. The zero-order valence-corrected chi connectivity index (χ0v) is 15.0. The minimum Gasteiger partial charge on any atom is -0.372 e. The highest BCUT2D eigenvalue weighted by molar-refractivity contribution is 6.30. The van der Waals surface area contributed by atoms with Crippen LogP contribution in [0.1, 0.15) is 48.1 Å². The SMILES string of the molecule is CC(NC(=O)c1ccc(Cl)cc1F)c1ccc(N2CCCCC2)cc1. The van der Waals surface area contributed by atoms with Gasteiger partial charge in [-0.3, -0.25) is 4.79 Å². The van der Waals surface area contributed by atoms with Gasteiger partial charge in [0.15, 0.2) is 0 Å². The second-order valence-corrected chi connectivity index (χ2v) is 6.89. The van der Waals surface area contributed by atoms with Gasteiger partial charge in [0, 0.05) is 23.8 Å². The number of hydrogen-bond donors (Lipinski definition) is 1. The molecule has 3 nitrogen and oxygen atoms in total. The maximum atomic E-state index is 13.9. The molecule has 1 unspecified atom stereocenters. The summed E-state index contributed by atoms with van der Waals surface area (Å²) in [7, 11) is 0. The molecule has 0 aromatic heterocycles. The predicted molar refractivity (Wildman–Crippen MR) is 99.8 cm³/mol. The van der Waals surface area contributed by atoms with E-state index in [0.29, 0.717) is 0 Å². The molecule has 132 valence electrons. The Kier molecular flexibility index (Phi) is 5.59. The van der Waals surface area contributed by atoms with Crippen LogP contribution in [-0.2, 0) is 0 Å². The Morgan fingerprint density at radius 3 is 2.44 bits per heavy atom. The molecule has 1 atom stereocenters. The topological polar surface area (TPSA) is 32.3 Å². The fourth-order valence-electron chi connectivity index (χ4n) is 3.16. The van der Waals surface area contributed by atoms with Crippen LogP contribution >= 0.6 is 11.6 Å². The van der Waals surface area contributed by atoms with E-state index in [1.807, 2.05) is 19.1 Å². The summed E-state index contributed by atoms with van der Waals surface area (Å²) in [5.74, 6) is -1.06. The predicted octanol–water partition coefficient (Wildman–Crippen LogP) is 4.96. The molecule has 1 heterocycles. The summed E-state index contributed by atoms with van der Waals surface area (Å²) in [6.07, 6.45) is 3.78. The highest BCUT2D eigenvalue weighted by atomic mass is 35.5. The van der Waals surface area contributed by atoms with Gasteiger partial charge in [-0.05, 0) is 62.1 Å². The zero-order valence-electron chi connectivity index (χ0n) is 14.3. The third-order valence-corrected chi connectivity index (χ3v) is 4.87. The van der Waals surface area contributed by atoms with Crippen molar-refractivity contribution in [2.75, 3.05) is 18.0 Å². The van der Waals surface area contributed by atoms with Gasteiger partial charge in [-0.15, -0.1) is 0 Å². The highest BCUT2D eigenvalue weighted by Gasteiger charge is 2.16. The highest BCUT2D eigenvalue weighted by Crippen LogP contribution is 2.23. The van der Waals surface area contributed by atoms with Crippen LogP contribution < -0.4 is 10.2 Å². The second kappa shape index (κ2) is 7.87. The van der Waals surface area contributed by atoms with Crippen molar-refractivity contribution in [3.63, 3.8) is 0 Å². The Morgan fingerprint density at radius 2 is 1.80 bits per heavy atom. The van der Waals surface area contributed by atoms with Crippen molar-refractivity contribution in [1.82, 2.24) is 5.32 Å². The van der Waals surface area contributed by atoms with E-state index in [-0.39, 0.29) is 16.6 Å². The summed E-state index contributed by atoms with van der Waals surface area (Å²) < 4.78 is 13.9. The number of benzene rings is 2. The standard InChI is InChI=1S/C20H22ClFN2O/c1-14(23-20(25)18-10-7-16(21)13-19(18)22)15-5-8-17(9-6-15)24-11-3-2-4-12-24/h5-10,13-14H,2-4,11-12H2,1H3,(H,23,25). The zero-order chi connectivity index (χ0) is 17.8. The maximum absolute atomic E-state index is 13.9. The fraction of sp³-hybridized carbons (Fsp3) is 0.350. The Balaban J connectivity index is 1.66. The van der Waals surface area contributed by atoms with Crippen molar-refractivity contribution in [1.29, 1.82) is 0 Å². The first-order chi connectivity index (χ1) is 12.0. The normalized spacial score (nSPS) is 15.7. The van der Waals surface area contributed by atoms with Crippen molar-refractivity contribution in [2.45, 2.75) is 32.2 Å². The molecule has 0 saturated carbocycles. The second-order valence-electron chi connectivity index (χ2n) is 6.46. The molecule has 1 aliphatic rings. The van der Waals surface area contributed by atoms with Crippen molar-refractivity contribution in [3.8, 4) is 0 Å². The van der Waals surface area contributed by atoms with Crippen molar-refractivity contribution in [3.05, 3.63) is 64.4 Å². The molecule has 1 fully saturated rings. The summed E-state index contributed by atoms with van der Waals surface area (Å²) in [5.41, 5.74) is 2.20. The number of amides is 1. The molecule has 1 amide bonds.